The first-order chi connectivity index (χ1) is 9.42. The van der Waals surface area contributed by atoms with E-state index >= 15 is 0 Å². The van der Waals surface area contributed by atoms with E-state index in [1.54, 1.807) is 0 Å². The molecule has 0 aliphatic carbocycles. The van der Waals surface area contributed by atoms with E-state index in [4.69, 9.17) is 16.3 Å². The maximum Gasteiger partial charge on any atom is 0.472 e. The third-order valence-corrected chi connectivity index (χ3v) is 2.36. The maximum atomic E-state index is 12.6. The quantitative estimate of drug-likeness (QED) is 0.779. The molecule has 1 aromatic carbocycles. The van der Waals surface area contributed by atoms with Crippen LogP contribution in [0.1, 0.15) is 20.8 Å². The van der Waals surface area contributed by atoms with Crippen LogP contribution in [0, 0.1) is 0 Å². The molecular formula is C13H13ClF3NO3. The summed E-state index contributed by atoms with van der Waals surface area (Å²) >= 11 is 5.63. The number of carbonyl (C=O) groups excluding carboxylic acids is 2. The number of rotatable bonds is 1. The Morgan fingerprint density at radius 1 is 1.10 bits per heavy atom. The van der Waals surface area contributed by atoms with E-state index in [2.05, 4.69) is 0 Å². The number of anilines is 1. The van der Waals surface area contributed by atoms with E-state index in [9.17, 15) is 22.8 Å². The summed E-state index contributed by atoms with van der Waals surface area (Å²) in [6, 6.07) is 4.77. The van der Waals surface area contributed by atoms with Crippen molar-refractivity contribution in [3.63, 3.8) is 0 Å². The molecule has 0 radical (unpaired) electrons. The van der Waals surface area contributed by atoms with E-state index in [0.29, 0.717) is 0 Å². The normalized spacial score (nSPS) is 12.0. The Kier molecular flexibility index (Phi) is 4.88. The zero-order valence-corrected chi connectivity index (χ0v) is 12.2. The fourth-order valence-electron chi connectivity index (χ4n) is 1.33. The van der Waals surface area contributed by atoms with Gasteiger partial charge in [0.15, 0.2) is 0 Å². The van der Waals surface area contributed by atoms with Gasteiger partial charge in [0.25, 0.3) is 0 Å². The third-order valence-electron chi connectivity index (χ3n) is 2.11. The summed E-state index contributed by atoms with van der Waals surface area (Å²) in [5.74, 6) is -2.33. The summed E-state index contributed by atoms with van der Waals surface area (Å²) in [7, 11) is 0. The van der Waals surface area contributed by atoms with E-state index in [0.717, 1.165) is 12.1 Å². The SMILES string of the molecule is CC(C)(C)OC(=O)N(C(=O)C(F)(F)F)c1ccc(Cl)cc1. The molecule has 21 heavy (non-hydrogen) atoms. The molecule has 0 saturated heterocycles. The smallest absolute Gasteiger partial charge is 0.443 e. The number of imide groups is 1. The Morgan fingerprint density at radius 3 is 1.95 bits per heavy atom. The third kappa shape index (κ3) is 4.93. The fourth-order valence-corrected chi connectivity index (χ4v) is 1.46. The zero-order valence-electron chi connectivity index (χ0n) is 11.5. The van der Waals surface area contributed by atoms with Gasteiger partial charge in [-0.2, -0.15) is 13.2 Å². The van der Waals surface area contributed by atoms with Gasteiger partial charge in [-0.3, -0.25) is 4.79 Å². The van der Waals surface area contributed by atoms with Gasteiger partial charge in [-0.15, -0.1) is 0 Å². The van der Waals surface area contributed by atoms with Gasteiger partial charge >= 0.3 is 18.2 Å². The second-order valence-electron chi connectivity index (χ2n) is 5.10. The van der Waals surface area contributed by atoms with Crippen LogP contribution in [0.15, 0.2) is 24.3 Å². The molecule has 1 aromatic rings. The van der Waals surface area contributed by atoms with Crippen molar-refractivity contribution in [1.29, 1.82) is 0 Å². The number of amides is 2. The predicted octanol–water partition coefficient (Wildman–Crippen LogP) is 4.17. The zero-order chi connectivity index (χ0) is 16.4. The van der Waals surface area contributed by atoms with Crippen LogP contribution in [0.3, 0.4) is 0 Å². The van der Waals surface area contributed by atoms with Crippen LogP contribution in [-0.4, -0.2) is 23.8 Å². The van der Waals surface area contributed by atoms with Crippen LogP contribution >= 0.6 is 11.6 Å². The lowest BCUT2D eigenvalue weighted by molar-refractivity contribution is -0.170. The minimum Gasteiger partial charge on any atom is -0.443 e. The van der Waals surface area contributed by atoms with Gasteiger partial charge in [0.1, 0.15) is 5.60 Å². The molecule has 116 valence electrons. The van der Waals surface area contributed by atoms with Crippen molar-refractivity contribution in [3.05, 3.63) is 29.3 Å². The lowest BCUT2D eigenvalue weighted by Crippen LogP contribution is -2.47. The van der Waals surface area contributed by atoms with Crippen LogP contribution in [0.25, 0.3) is 0 Å². The second kappa shape index (κ2) is 5.93. The van der Waals surface area contributed by atoms with E-state index < -0.39 is 23.8 Å². The summed E-state index contributed by atoms with van der Waals surface area (Å²) in [5, 5.41) is 0.252. The van der Waals surface area contributed by atoms with Gasteiger partial charge in [-0.05, 0) is 45.0 Å². The fraction of sp³-hybridized carbons (Fsp3) is 0.385. The highest BCUT2D eigenvalue weighted by Crippen LogP contribution is 2.26. The van der Waals surface area contributed by atoms with Crippen LogP contribution < -0.4 is 4.90 Å². The maximum absolute atomic E-state index is 12.6. The van der Waals surface area contributed by atoms with Crippen LogP contribution in [-0.2, 0) is 9.53 Å². The van der Waals surface area contributed by atoms with Gasteiger partial charge in [0.2, 0.25) is 0 Å². The topological polar surface area (TPSA) is 46.6 Å². The van der Waals surface area contributed by atoms with Crippen molar-refractivity contribution < 1.29 is 27.5 Å². The molecule has 0 aromatic heterocycles. The number of hydrogen-bond acceptors (Lipinski definition) is 3. The van der Waals surface area contributed by atoms with Crippen molar-refractivity contribution in [2.45, 2.75) is 32.5 Å². The number of ether oxygens (including phenoxy) is 1. The average Bonchev–Trinajstić information content (AvgIpc) is 2.28. The highest BCUT2D eigenvalue weighted by atomic mass is 35.5. The monoisotopic (exact) mass is 323 g/mol. The minimum absolute atomic E-state index is 0.0679. The lowest BCUT2D eigenvalue weighted by atomic mass is 10.2. The summed E-state index contributed by atoms with van der Waals surface area (Å²) < 4.78 is 42.7. The highest BCUT2D eigenvalue weighted by Gasteiger charge is 2.46. The summed E-state index contributed by atoms with van der Waals surface area (Å²) in [6.45, 7) is 4.43. The van der Waals surface area contributed by atoms with Crippen LogP contribution in [0.2, 0.25) is 5.02 Å². The molecular weight excluding hydrogens is 311 g/mol. The first-order valence-electron chi connectivity index (χ1n) is 5.81. The van der Waals surface area contributed by atoms with E-state index in [1.165, 1.54) is 32.9 Å². The first kappa shape index (κ1) is 17.3. The van der Waals surface area contributed by atoms with Crippen LogP contribution in [0.5, 0.6) is 0 Å². The summed E-state index contributed by atoms with van der Waals surface area (Å²) in [4.78, 5) is 23.3. The number of nitrogens with zero attached hydrogens (tertiary/aromatic N) is 1. The number of carbonyl (C=O) groups is 2. The van der Waals surface area contributed by atoms with Crippen molar-refractivity contribution >= 4 is 29.3 Å². The van der Waals surface area contributed by atoms with Gasteiger partial charge in [-0.1, -0.05) is 11.6 Å². The molecule has 0 unspecified atom stereocenters. The predicted molar refractivity (Wildman–Crippen MR) is 71.2 cm³/mol. The molecule has 0 fully saturated rings. The number of alkyl halides is 3. The minimum atomic E-state index is -5.21. The summed E-state index contributed by atoms with van der Waals surface area (Å²) in [5.41, 5.74) is -1.33. The number of benzene rings is 1. The molecule has 0 saturated carbocycles. The summed E-state index contributed by atoms with van der Waals surface area (Å²) in [6.07, 6.45) is -6.62. The second-order valence-corrected chi connectivity index (χ2v) is 5.53. The van der Waals surface area contributed by atoms with Gasteiger partial charge in [-0.25, -0.2) is 9.69 Å². The first-order valence-corrected chi connectivity index (χ1v) is 6.19. The van der Waals surface area contributed by atoms with Crippen molar-refractivity contribution in [2.24, 2.45) is 0 Å². The molecule has 0 atom stereocenters. The molecule has 4 nitrogen and oxygen atoms in total. The average molecular weight is 324 g/mol. The molecule has 2 amide bonds. The Labute approximate surface area is 124 Å². The Morgan fingerprint density at radius 2 is 1.57 bits per heavy atom. The Balaban J connectivity index is 3.21. The van der Waals surface area contributed by atoms with E-state index in [1.807, 2.05) is 0 Å². The molecule has 0 N–H and O–H groups in total. The van der Waals surface area contributed by atoms with Crippen molar-refractivity contribution in [1.82, 2.24) is 0 Å². The number of hydrogen-bond donors (Lipinski definition) is 0. The molecule has 0 spiro atoms. The van der Waals surface area contributed by atoms with Gasteiger partial charge in [0, 0.05) is 5.02 Å². The molecule has 0 bridgehead atoms. The van der Waals surface area contributed by atoms with Crippen molar-refractivity contribution in [3.8, 4) is 0 Å². The molecule has 8 heteroatoms. The molecule has 1 rings (SSSR count). The van der Waals surface area contributed by atoms with Gasteiger partial charge in [0.05, 0.1) is 5.69 Å². The standard InChI is InChI=1S/C13H13ClF3NO3/c1-12(2,3)21-11(20)18(10(19)13(15,16)17)9-6-4-8(14)5-7-9/h4-7H,1-3H3. The molecule has 0 aliphatic heterocycles. The highest BCUT2D eigenvalue weighted by molar-refractivity contribution is 6.30. The Hall–Kier alpha value is -1.76. The van der Waals surface area contributed by atoms with Gasteiger partial charge < -0.3 is 4.74 Å². The Bertz CT molecular complexity index is 535. The number of halogens is 4. The van der Waals surface area contributed by atoms with Crippen LogP contribution in [0.4, 0.5) is 23.7 Å². The van der Waals surface area contributed by atoms with E-state index in [-0.39, 0.29) is 15.6 Å². The molecule has 0 aliphatic rings. The molecule has 0 heterocycles. The largest absolute Gasteiger partial charge is 0.472 e. The lowest BCUT2D eigenvalue weighted by Gasteiger charge is -2.26. The van der Waals surface area contributed by atoms with Crippen molar-refractivity contribution in [2.75, 3.05) is 4.90 Å².